The molecule has 1 aliphatic rings. The second-order valence-electron chi connectivity index (χ2n) is 5.87. The van der Waals surface area contributed by atoms with Crippen molar-refractivity contribution in [1.82, 2.24) is 10.2 Å². The zero-order chi connectivity index (χ0) is 17.7. The highest BCUT2D eigenvalue weighted by molar-refractivity contribution is 7.91. The van der Waals surface area contributed by atoms with Gasteiger partial charge in [0.1, 0.15) is 5.82 Å². The van der Waals surface area contributed by atoms with Crippen LogP contribution in [0.3, 0.4) is 0 Å². The van der Waals surface area contributed by atoms with Gasteiger partial charge in [-0.3, -0.25) is 9.59 Å². The van der Waals surface area contributed by atoms with E-state index < -0.39 is 15.7 Å². The van der Waals surface area contributed by atoms with Crippen molar-refractivity contribution in [2.75, 3.05) is 25.4 Å². The number of nitrogens with one attached hydrogen (secondary N) is 1. The summed E-state index contributed by atoms with van der Waals surface area (Å²) in [6.07, 6.45) is 1.44. The Hall–Kier alpha value is -1.96. The molecule has 1 heterocycles. The van der Waals surface area contributed by atoms with Crippen LogP contribution < -0.4 is 5.32 Å². The van der Waals surface area contributed by atoms with E-state index in [1.165, 1.54) is 19.1 Å². The SMILES string of the molecule is CC(=O)N1CCC[C@H](C(=O)NCCS(=O)(=O)c2ccc(F)cc2)C1. The van der Waals surface area contributed by atoms with Crippen LogP contribution in [0, 0.1) is 11.7 Å². The van der Waals surface area contributed by atoms with Gasteiger partial charge in [0.25, 0.3) is 0 Å². The Bertz CT molecular complexity index is 703. The molecule has 6 nitrogen and oxygen atoms in total. The first-order chi connectivity index (χ1) is 11.3. The Kier molecular flexibility index (Phi) is 5.93. The molecule has 2 rings (SSSR count). The van der Waals surface area contributed by atoms with E-state index in [1.54, 1.807) is 4.90 Å². The standard InChI is InChI=1S/C16H21FN2O4S/c1-12(20)19-9-2-3-13(11-19)16(21)18-8-10-24(22,23)15-6-4-14(17)5-7-15/h4-7,13H,2-3,8-11H2,1H3,(H,18,21)/t13-/m0/s1. The van der Waals surface area contributed by atoms with Crippen LogP contribution in [0.5, 0.6) is 0 Å². The highest BCUT2D eigenvalue weighted by Crippen LogP contribution is 2.17. The number of piperidine rings is 1. The van der Waals surface area contributed by atoms with E-state index in [9.17, 15) is 22.4 Å². The minimum Gasteiger partial charge on any atom is -0.355 e. The van der Waals surface area contributed by atoms with Crippen LogP contribution >= 0.6 is 0 Å². The van der Waals surface area contributed by atoms with Crippen molar-refractivity contribution >= 4 is 21.7 Å². The van der Waals surface area contributed by atoms with E-state index in [2.05, 4.69) is 5.32 Å². The third-order valence-corrected chi connectivity index (χ3v) is 5.81. The van der Waals surface area contributed by atoms with Gasteiger partial charge in [0.2, 0.25) is 11.8 Å². The number of hydrogen-bond acceptors (Lipinski definition) is 4. The molecule has 0 aromatic heterocycles. The van der Waals surface area contributed by atoms with E-state index in [4.69, 9.17) is 0 Å². The van der Waals surface area contributed by atoms with Gasteiger partial charge in [-0.1, -0.05) is 0 Å². The van der Waals surface area contributed by atoms with Crippen LogP contribution in [0.1, 0.15) is 19.8 Å². The van der Waals surface area contributed by atoms with Crippen molar-refractivity contribution in [2.24, 2.45) is 5.92 Å². The highest BCUT2D eigenvalue weighted by Gasteiger charge is 2.27. The molecule has 1 N–H and O–H groups in total. The summed E-state index contributed by atoms with van der Waals surface area (Å²) in [5, 5.41) is 2.62. The normalized spacial score (nSPS) is 18.2. The first-order valence-electron chi connectivity index (χ1n) is 7.81. The summed E-state index contributed by atoms with van der Waals surface area (Å²) in [7, 11) is -3.57. The Balaban J connectivity index is 1.85. The van der Waals surface area contributed by atoms with Gasteiger partial charge in [0.05, 0.1) is 16.6 Å². The van der Waals surface area contributed by atoms with Gasteiger partial charge in [-0.2, -0.15) is 0 Å². The Morgan fingerprint density at radius 1 is 1.29 bits per heavy atom. The maximum atomic E-state index is 12.8. The summed E-state index contributed by atoms with van der Waals surface area (Å²) in [5.74, 6) is -1.37. The number of nitrogens with zero attached hydrogens (tertiary/aromatic N) is 1. The third-order valence-electron chi connectivity index (χ3n) is 4.08. The van der Waals surface area contributed by atoms with Crippen LogP contribution in [-0.2, 0) is 19.4 Å². The zero-order valence-electron chi connectivity index (χ0n) is 13.5. The predicted molar refractivity (Wildman–Crippen MR) is 86.4 cm³/mol. The summed E-state index contributed by atoms with van der Waals surface area (Å²) < 4.78 is 37.1. The molecule has 0 saturated carbocycles. The van der Waals surface area contributed by atoms with E-state index in [1.807, 2.05) is 0 Å². The predicted octanol–water partition coefficient (Wildman–Crippen LogP) is 0.974. The number of sulfone groups is 1. The maximum absolute atomic E-state index is 12.8. The van der Waals surface area contributed by atoms with Crippen LogP contribution in [0.25, 0.3) is 0 Å². The van der Waals surface area contributed by atoms with Gasteiger partial charge in [-0.15, -0.1) is 0 Å². The quantitative estimate of drug-likeness (QED) is 0.797. The first-order valence-corrected chi connectivity index (χ1v) is 9.46. The number of hydrogen-bond donors (Lipinski definition) is 1. The smallest absolute Gasteiger partial charge is 0.224 e. The number of halogens is 1. The number of carbonyl (C=O) groups is 2. The first kappa shape index (κ1) is 18.4. The average Bonchev–Trinajstić information content (AvgIpc) is 2.55. The van der Waals surface area contributed by atoms with Crippen molar-refractivity contribution in [3.63, 3.8) is 0 Å². The fraction of sp³-hybridized carbons (Fsp3) is 0.500. The molecule has 1 aromatic carbocycles. The van der Waals surface area contributed by atoms with Crippen molar-refractivity contribution < 1.29 is 22.4 Å². The monoisotopic (exact) mass is 356 g/mol. The lowest BCUT2D eigenvalue weighted by Gasteiger charge is -2.31. The molecule has 8 heteroatoms. The van der Waals surface area contributed by atoms with Gasteiger partial charge in [0, 0.05) is 26.6 Å². The number of benzene rings is 1. The van der Waals surface area contributed by atoms with Gasteiger partial charge in [0.15, 0.2) is 9.84 Å². The molecule has 1 aromatic rings. The molecular weight excluding hydrogens is 335 g/mol. The third kappa shape index (κ3) is 4.77. The van der Waals surface area contributed by atoms with E-state index in [-0.39, 0.29) is 34.9 Å². The summed E-state index contributed by atoms with van der Waals surface area (Å²) >= 11 is 0. The van der Waals surface area contributed by atoms with Crippen molar-refractivity contribution in [2.45, 2.75) is 24.7 Å². The van der Waals surface area contributed by atoms with Crippen LogP contribution in [0.15, 0.2) is 29.2 Å². The molecule has 0 spiro atoms. The van der Waals surface area contributed by atoms with Gasteiger partial charge >= 0.3 is 0 Å². The topological polar surface area (TPSA) is 83.6 Å². The largest absolute Gasteiger partial charge is 0.355 e. The summed E-state index contributed by atoms with van der Waals surface area (Å²) in [5.41, 5.74) is 0. The molecule has 1 atom stereocenters. The molecule has 1 saturated heterocycles. The molecule has 2 amide bonds. The Labute approximate surface area is 140 Å². The van der Waals surface area contributed by atoms with Crippen molar-refractivity contribution in [3.8, 4) is 0 Å². The fourth-order valence-electron chi connectivity index (χ4n) is 2.69. The van der Waals surface area contributed by atoms with Gasteiger partial charge in [-0.05, 0) is 37.1 Å². The Morgan fingerprint density at radius 2 is 1.96 bits per heavy atom. The molecule has 132 valence electrons. The summed E-state index contributed by atoms with van der Waals surface area (Å²) in [6.45, 7) is 2.47. The lowest BCUT2D eigenvalue weighted by atomic mass is 9.97. The lowest BCUT2D eigenvalue weighted by molar-refractivity contribution is -0.133. The van der Waals surface area contributed by atoms with Crippen LogP contribution in [0.2, 0.25) is 0 Å². The number of rotatable bonds is 5. The number of likely N-dealkylation sites (tertiary alicyclic amines) is 1. The molecule has 0 aliphatic carbocycles. The van der Waals surface area contributed by atoms with Crippen LogP contribution in [0.4, 0.5) is 4.39 Å². The molecule has 0 unspecified atom stereocenters. The second kappa shape index (κ2) is 7.74. The molecule has 0 bridgehead atoms. The summed E-state index contributed by atoms with van der Waals surface area (Å²) in [6, 6.07) is 4.59. The molecule has 1 aliphatic heterocycles. The zero-order valence-corrected chi connectivity index (χ0v) is 14.3. The van der Waals surface area contributed by atoms with Crippen molar-refractivity contribution in [1.29, 1.82) is 0 Å². The molecule has 0 radical (unpaired) electrons. The van der Waals surface area contributed by atoms with Gasteiger partial charge in [-0.25, -0.2) is 12.8 Å². The molecular formula is C16H21FN2O4S. The fourth-order valence-corrected chi connectivity index (χ4v) is 3.85. The maximum Gasteiger partial charge on any atom is 0.224 e. The minimum atomic E-state index is -3.57. The number of amides is 2. The van der Waals surface area contributed by atoms with Crippen LogP contribution in [-0.4, -0.2) is 50.5 Å². The molecule has 24 heavy (non-hydrogen) atoms. The average molecular weight is 356 g/mol. The van der Waals surface area contributed by atoms with E-state index >= 15 is 0 Å². The summed E-state index contributed by atoms with van der Waals surface area (Å²) in [4.78, 5) is 25.2. The highest BCUT2D eigenvalue weighted by atomic mass is 32.2. The number of carbonyl (C=O) groups excluding carboxylic acids is 2. The minimum absolute atomic E-state index is 0.0187. The second-order valence-corrected chi connectivity index (χ2v) is 7.98. The van der Waals surface area contributed by atoms with Crippen molar-refractivity contribution in [3.05, 3.63) is 30.1 Å². The van der Waals surface area contributed by atoms with E-state index in [0.717, 1.165) is 18.6 Å². The molecule has 1 fully saturated rings. The Morgan fingerprint density at radius 3 is 2.58 bits per heavy atom. The lowest BCUT2D eigenvalue weighted by Crippen LogP contribution is -2.45. The van der Waals surface area contributed by atoms with E-state index in [0.29, 0.717) is 19.5 Å². The van der Waals surface area contributed by atoms with Gasteiger partial charge < -0.3 is 10.2 Å².